The zero-order chi connectivity index (χ0) is 18.9. The first-order valence-corrected chi connectivity index (χ1v) is 11.6. The van der Waals surface area contributed by atoms with Crippen LogP contribution in [0, 0.1) is 0 Å². The Labute approximate surface area is 186 Å². The van der Waals surface area contributed by atoms with Crippen LogP contribution in [0.5, 0.6) is 0 Å². The highest BCUT2D eigenvalue weighted by Gasteiger charge is 2.31. The van der Waals surface area contributed by atoms with Gasteiger partial charge < -0.3 is 24.0 Å². The van der Waals surface area contributed by atoms with Crippen molar-refractivity contribution in [1.82, 2.24) is 0 Å². The van der Waals surface area contributed by atoms with Crippen molar-refractivity contribution in [1.29, 1.82) is 0 Å². The molecule has 1 unspecified atom stereocenters. The van der Waals surface area contributed by atoms with Gasteiger partial charge in [0.1, 0.15) is 6.54 Å². The van der Waals surface area contributed by atoms with Crippen LogP contribution in [0.3, 0.4) is 0 Å². The third-order valence-electron chi connectivity index (χ3n) is 5.72. The molecule has 0 aromatic rings. The van der Waals surface area contributed by atoms with Crippen LogP contribution in [-0.2, 0) is 0 Å². The maximum atomic E-state index is 10.3. The molecule has 1 rings (SSSR count). The van der Waals surface area contributed by atoms with Crippen molar-refractivity contribution in [2.75, 3.05) is 6.54 Å². The molecule has 0 aliphatic carbocycles. The molecule has 27 heavy (non-hydrogen) atoms. The second kappa shape index (κ2) is 18.1. The van der Waals surface area contributed by atoms with Gasteiger partial charge in [0.2, 0.25) is 5.84 Å². The highest BCUT2D eigenvalue weighted by atomic mass is 127. The smallest absolute Gasteiger partial charge is 0.240 e. The van der Waals surface area contributed by atoms with E-state index >= 15 is 0 Å². The number of halogens is 1. The highest BCUT2D eigenvalue weighted by molar-refractivity contribution is 5.77. The van der Waals surface area contributed by atoms with E-state index in [1.807, 2.05) is 6.92 Å². The van der Waals surface area contributed by atoms with E-state index in [4.69, 9.17) is 0 Å². The summed E-state index contributed by atoms with van der Waals surface area (Å²) < 4.78 is -0.0707. The maximum absolute atomic E-state index is 10.3. The summed E-state index contributed by atoms with van der Waals surface area (Å²) in [5.41, 5.74) is 0. The number of rotatable bonds is 18. The summed E-state index contributed by atoms with van der Waals surface area (Å²) in [5.74, 6) is 0.915. The lowest BCUT2D eigenvalue weighted by Gasteiger charge is -2.21. The number of hydroxylamine groups is 3. The van der Waals surface area contributed by atoms with E-state index in [2.05, 4.69) is 11.9 Å². The molecule has 3 nitrogen and oxygen atoms in total. The van der Waals surface area contributed by atoms with Crippen LogP contribution in [0.25, 0.3) is 0 Å². The van der Waals surface area contributed by atoms with E-state index in [1.54, 1.807) is 12.4 Å². The van der Waals surface area contributed by atoms with Gasteiger partial charge in [-0.1, -0.05) is 103 Å². The molecule has 0 fully saturated rings. The number of unbranched alkanes of at least 4 members (excludes halogenated alkanes) is 15. The first kappa shape index (κ1) is 27.1. The fourth-order valence-electron chi connectivity index (χ4n) is 3.79. The normalized spacial score (nSPS) is 18.6. The van der Waals surface area contributed by atoms with Crippen LogP contribution < -0.4 is 24.0 Å². The summed E-state index contributed by atoms with van der Waals surface area (Å²) in [7, 11) is 0. The van der Waals surface area contributed by atoms with Gasteiger partial charge in [0.05, 0.1) is 6.20 Å². The third kappa shape index (κ3) is 13.0. The van der Waals surface area contributed by atoms with Gasteiger partial charge in [0, 0.05) is 6.42 Å². The van der Waals surface area contributed by atoms with Gasteiger partial charge in [0.15, 0.2) is 6.20 Å². The number of amidine groups is 1. The molecular formula is C23H45IN2O. The van der Waals surface area contributed by atoms with Gasteiger partial charge in [-0.2, -0.15) is 0 Å². The fraction of sp³-hybridized carbons (Fsp3) is 0.870. The summed E-state index contributed by atoms with van der Waals surface area (Å²) in [6.07, 6.45) is 26.7. The molecule has 160 valence electrons. The molecule has 1 N–H and O–H groups in total. The maximum Gasteiger partial charge on any atom is 0.240 e. The minimum atomic E-state index is -0.0707. The van der Waals surface area contributed by atoms with Crippen LogP contribution in [-0.4, -0.2) is 22.2 Å². The molecule has 0 amide bonds. The summed E-state index contributed by atoms with van der Waals surface area (Å²) in [5, 5.41) is 10.3. The van der Waals surface area contributed by atoms with Crippen LogP contribution in [0.2, 0.25) is 0 Å². The molecule has 0 saturated heterocycles. The number of nitrogens with zero attached hydrogens (tertiary/aromatic N) is 2. The minimum Gasteiger partial charge on any atom is -1.00 e. The summed E-state index contributed by atoms with van der Waals surface area (Å²) in [6, 6.07) is 0. The van der Waals surface area contributed by atoms with Crippen molar-refractivity contribution in [2.24, 2.45) is 4.99 Å². The second-order valence-corrected chi connectivity index (χ2v) is 8.04. The van der Waals surface area contributed by atoms with Gasteiger partial charge in [-0.25, -0.2) is 10.2 Å². The number of quaternary nitrogens is 1. The van der Waals surface area contributed by atoms with E-state index < -0.39 is 0 Å². The molecule has 0 spiro atoms. The molecule has 0 radical (unpaired) electrons. The van der Waals surface area contributed by atoms with Crippen LogP contribution in [0.1, 0.15) is 123 Å². The quantitative estimate of drug-likeness (QED) is 0.167. The van der Waals surface area contributed by atoms with Crippen LogP contribution >= 0.6 is 0 Å². The Morgan fingerprint density at radius 3 is 1.52 bits per heavy atom. The molecule has 1 heterocycles. The van der Waals surface area contributed by atoms with E-state index in [0.29, 0.717) is 6.54 Å². The lowest BCUT2D eigenvalue weighted by atomic mass is 10.0. The van der Waals surface area contributed by atoms with Crippen molar-refractivity contribution in [3.8, 4) is 0 Å². The molecule has 0 aromatic heterocycles. The lowest BCUT2D eigenvalue weighted by Crippen LogP contribution is -3.00. The predicted molar refractivity (Wildman–Crippen MR) is 113 cm³/mol. The Balaban J connectivity index is 0.00000676. The standard InChI is InChI=1S/C23H45N2O.HI/c1-3-5-6-7-8-9-10-11-12-13-14-15-16-17-18-19-20-23-24-21-22-25(23,26)4-2;/h21-22,26H,3-20H2,1-2H3;1H/q+1;/p-1. The van der Waals surface area contributed by atoms with Crippen molar-refractivity contribution in [3.63, 3.8) is 0 Å². The fourth-order valence-corrected chi connectivity index (χ4v) is 3.79. The summed E-state index contributed by atoms with van der Waals surface area (Å²) >= 11 is 0. The number of hydrogen-bond donors (Lipinski definition) is 1. The molecule has 1 aliphatic heterocycles. The van der Waals surface area contributed by atoms with Gasteiger partial charge in [-0.3, -0.25) is 0 Å². The predicted octanol–water partition coefficient (Wildman–Crippen LogP) is 4.75. The molecule has 0 bridgehead atoms. The van der Waals surface area contributed by atoms with Gasteiger partial charge in [0.25, 0.3) is 0 Å². The molecule has 0 saturated carbocycles. The lowest BCUT2D eigenvalue weighted by molar-refractivity contribution is -0.987. The van der Waals surface area contributed by atoms with E-state index in [-0.39, 0.29) is 28.6 Å². The van der Waals surface area contributed by atoms with E-state index in [9.17, 15) is 5.21 Å². The Morgan fingerprint density at radius 1 is 0.704 bits per heavy atom. The largest absolute Gasteiger partial charge is 1.00 e. The topological polar surface area (TPSA) is 32.6 Å². The van der Waals surface area contributed by atoms with Gasteiger partial charge in [-0.05, 0) is 13.3 Å². The van der Waals surface area contributed by atoms with Gasteiger partial charge >= 0.3 is 0 Å². The molecule has 4 heteroatoms. The Hall–Kier alpha value is 0.0600. The van der Waals surface area contributed by atoms with Crippen molar-refractivity contribution in [3.05, 3.63) is 12.4 Å². The molecule has 1 aliphatic rings. The van der Waals surface area contributed by atoms with Crippen molar-refractivity contribution < 1.29 is 33.8 Å². The van der Waals surface area contributed by atoms with Crippen LogP contribution in [0.15, 0.2) is 17.4 Å². The first-order valence-electron chi connectivity index (χ1n) is 11.6. The zero-order valence-electron chi connectivity index (χ0n) is 18.1. The average Bonchev–Trinajstić information content (AvgIpc) is 3.02. The monoisotopic (exact) mass is 492 g/mol. The van der Waals surface area contributed by atoms with Crippen LogP contribution in [0.4, 0.5) is 0 Å². The van der Waals surface area contributed by atoms with Gasteiger partial charge in [-0.15, -0.1) is 4.65 Å². The number of hydrogen-bond acceptors (Lipinski definition) is 2. The van der Waals surface area contributed by atoms with Crippen molar-refractivity contribution >= 4 is 5.84 Å². The number of aliphatic imine (C=N–C) groups is 1. The van der Waals surface area contributed by atoms with E-state index in [1.165, 1.54) is 96.3 Å². The average molecular weight is 493 g/mol. The first-order chi connectivity index (χ1) is 12.7. The van der Waals surface area contributed by atoms with Crippen molar-refractivity contribution in [2.45, 2.75) is 123 Å². The molecular weight excluding hydrogens is 447 g/mol. The SMILES string of the molecule is CCCCCCCCCCCCCCCCCCC1=NC=C[N+]1(O)CC.[I-]. The highest BCUT2D eigenvalue weighted by Crippen LogP contribution is 2.18. The summed E-state index contributed by atoms with van der Waals surface area (Å²) in [6.45, 7) is 4.96. The molecule has 1 atom stereocenters. The summed E-state index contributed by atoms with van der Waals surface area (Å²) in [4.78, 5) is 4.33. The Morgan fingerprint density at radius 2 is 1.11 bits per heavy atom. The van der Waals surface area contributed by atoms with E-state index in [0.717, 1.165) is 18.7 Å². The molecule has 0 aromatic carbocycles. The zero-order valence-corrected chi connectivity index (χ0v) is 20.3. The Bertz CT molecular complexity index is 398. The Kier molecular flexibility index (Phi) is 18.2. The second-order valence-electron chi connectivity index (χ2n) is 8.04. The third-order valence-corrected chi connectivity index (χ3v) is 5.72. The minimum absolute atomic E-state index is 0.